The van der Waals surface area contributed by atoms with Crippen molar-refractivity contribution in [3.05, 3.63) is 23.8 Å². The number of ether oxygens (including phenoxy) is 7. The number of benzene rings is 1. The average Bonchev–Trinajstić information content (AvgIpc) is 2.78. The summed E-state index contributed by atoms with van der Waals surface area (Å²) in [7, 11) is 2.22. The molecule has 1 rings (SSSR count). The lowest BCUT2D eigenvalue weighted by atomic mass is 10.1. The van der Waals surface area contributed by atoms with Gasteiger partial charge in [0.05, 0.1) is 20.8 Å². The molecule has 0 bridgehead atoms. The lowest BCUT2D eigenvalue weighted by Crippen LogP contribution is -2.39. The van der Waals surface area contributed by atoms with E-state index in [1.165, 1.54) is 18.2 Å². The van der Waals surface area contributed by atoms with Gasteiger partial charge in [-0.3, -0.25) is 4.79 Å². The number of methoxy groups -OCH3 is 2. The molecule has 0 aliphatic heterocycles. The van der Waals surface area contributed by atoms with Gasteiger partial charge in [0.15, 0.2) is 11.5 Å². The third-order valence-electron chi connectivity index (χ3n) is 4.27. The van der Waals surface area contributed by atoms with Gasteiger partial charge in [0, 0.05) is 0 Å². The summed E-state index contributed by atoms with van der Waals surface area (Å²) < 4.78 is 34.1. The summed E-state index contributed by atoms with van der Waals surface area (Å²) in [6.45, 7) is 7.07. The highest BCUT2D eigenvalue weighted by atomic mass is 16.7. The minimum Gasteiger partial charge on any atom is -0.458 e. The van der Waals surface area contributed by atoms with Crippen molar-refractivity contribution in [3.63, 3.8) is 0 Å². The Hall–Kier alpha value is -3.54. The van der Waals surface area contributed by atoms with Crippen LogP contribution in [0.5, 0.6) is 11.5 Å². The highest BCUT2D eigenvalue weighted by molar-refractivity contribution is 5.76. The Bertz CT molecular complexity index is 855. The third-order valence-corrected chi connectivity index (χ3v) is 4.27. The van der Waals surface area contributed by atoms with Crippen LogP contribution in [0.3, 0.4) is 0 Å². The second kappa shape index (κ2) is 13.9. The molecular weight excluding hydrogens is 454 g/mol. The molecule has 0 unspecified atom stereocenters. The molecule has 0 fully saturated rings. The molecule has 2 N–H and O–H groups in total. The first-order chi connectivity index (χ1) is 16.0. The number of nitrogens with two attached hydrogens (primary N) is 1. The van der Waals surface area contributed by atoms with E-state index >= 15 is 0 Å². The minimum atomic E-state index is -1.10. The largest absolute Gasteiger partial charge is 0.513 e. The van der Waals surface area contributed by atoms with Crippen molar-refractivity contribution < 1.29 is 52.3 Å². The van der Waals surface area contributed by atoms with Crippen LogP contribution in [0.4, 0.5) is 14.4 Å². The predicted octanol–water partition coefficient (Wildman–Crippen LogP) is 2.98. The van der Waals surface area contributed by atoms with Gasteiger partial charge in [-0.2, -0.15) is 0 Å². The van der Waals surface area contributed by atoms with Gasteiger partial charge in [0.2, 0.25) is 0 Å². The van der Waals surface area contributed by atoms with Crippen LogP contribution in [-0.4, -0.2) is 63.5 Å². The van der Waals surface area contributed by atoms with E-state index in [2.05, 4.69) is 9.47 Å². The molecule has 12 heteroatoms. The molecule has 0 spiro atoms. The van der Waals surface area contributed by atoms with Crippen molar-refractivity contribution in [1.29, 1.82) is 0 Å². The van der Waals surface area contributed by atoms with Gasteiger partial charge < -0.3 is 38.9 Å². The zero-order valence-electron chi connectivity index (χ0n) is 20.0. The van der Waals surface area contributed by atoms with E-state index < -0.39 is 42.7 Å². The zero-order valence-corrected chi connectivity index (χ0v) is 20.0. The maximum absolute atomic E-state index is 12.4. The highest BCUT2D eigenvalue weighted by Gasteiger charge is 2.25. The number of rotatable bonds is 10. The lowest BCUT2D eigenvalue weighted by Gasteiger charge is -2.22. The van der Waals surface area contributed by atoms with Crippen LogP contribution < -0.4 is 15.2 Å². The summed E-state index contributed by atoms with van der Waals surface area (Å²) in [5, 5.41) is 0. The van der Waals surface area contributed by atoms with E-state index in [9.17, 15) is 19.2 Å². The van der Waals surface area contributed by atoms with Gasteiger partial charge in [-0.15, -0.1) is 0 Å². The van der Waals surface area contributed by atoms with E-state index in [0.717, 1.165) is 14.2 Å². The zero-order chi connectivity index (χ0) is 25.8. The number of hydrogen-bond acceptors (Lipinski definition) is 12. The minimum absolute atomic E-state index is 0.00669. The van der Waals surface area contributed by atoms with Crippen LogP contribution in [0, 0.1) is 5.92 Å². The summed E-state index contributed by atoms with van der Waals surface area (Å²) in [5.41, 5.74) is 6.42. The van der Waals surface area contributed by atoms with Gasteiger partial charge in [0.25, 0.3) is 0 Å². The molecule has 0 aliphatic rings. The van der Waals surface area contributed by atoms with E-state index in [1.807, 2.05) is 13.8 Å². The Morgan fingerprint density at radius 2 is 1.38 bits per heavy atom. The molecule has 0 aliphatic carbocycles. The first-order valence-corrected chi connectivity index (χ1v) is 10.4. The van der Waals surface area contributed by atoms with Gasteiger partial charge in [-0.25, -0.2) is 14.4 Å². The summed E-state index contributed by atoms with van der Waals surface area (Å²) in [4.78, 5) is 47.0. The fraction of sp³-hybridized carbons (Fsp3) is 0.545. The predicted molar refractivity (Wildman–Crippen MR) is 116 cm³/mol. The summed E-state index contributed by atoms with van der Waals surface area (Å²) in [6.07, 6.45) is -4.51. The molecule has 1 aromatic rings. The van der Waals surface area contributed by atoms with Crippen LogP contribution >= 0.6 is 0 Å². The molecule has 3 atom stereocenters. The molecule has 0 amide bonds. The van der Waals surface area contributed by atoms with Crippen molar-refractivity contribution in [3.8, 4) is 11.5 Å². The van der Waals surface area contributed by atoms with Crippen LogP contribution in [0.1, 0.15) is 33.3 Å². The molecule has 0 heterocycles. The molecular formula is C22H31NO11. The third kappa shape index (κ3) is 9.94. The van der Waals surface area contributed by atoms with Crippen molar-refractivity contribution in [2.24, 2.45) is 11.7 Å². The molecule has 1 aromatic carbocycles. The molecule has 12 nitrogen and oxygen atoms in total. The summed E-state index contributed by atoms with van der Waals surface area (Å²) >= 11 is 0. The maximum atomic E-state index is 12.4. The monoisotopic (exact) mass is 485 g/mol. The average molecular weight is 485 g/mol. The van der Waals surface area contributed by atoms with Gasteiger partial charge >= 0.3 is 24.4 Å². The maximum Gasteiger partial charge on any atom is 0.513 e. The topological polar surface area (TPSA) is 159 Å². The molecule has 0 radical (unpaired) electrons. The molecule has 0 aromatic heterocycles. The van der Waals surface area contributed by atoms with E-state index in [4.69, 9.17) is 29.4 Å². The number of carbonyl (C=O) groups excluding carboxylic acids is 4. The van der Waals surface area contributed by atoms with Gasteiger partial charge in [-0.05, 0) is 43.9 Å². The van der Waals surface area contributed by atoms with E-state index in [0.29, 0.717) is 5.56 Å². The number of carbonyl (C=O) groups is 4. The van der Waals surface area contributed by atoms with Crippen LogP contribution in [0.25, 0.3) is 0 Å². The van der Waals surface area contributed by atoms with Crippen molar-refractivity contribution in [1.82, 2.24) is 0 Å². The summed E-state index contributed by atoms with van der Waals surface area (Å²) in [5.74, 6) is -0.855. The van der Waals surface area contributed by atoms with E-state index in [1.54, 1.807) is 13.8 Å². The second-order valence-corrected chi connectivity index (χ2v) is 7.62. The highest BCUT2D eigenvalue weighted by Crippen LogP contribution is 2.30. The Kier molecular flexibility index (Phi) is 11.6. The second-order valence-electron chi connectivity index (χ2n) is 7.62. The standard InChI is InChI=1S/C22H31NO11/c1-12(2)11-30-22(27)32-14(4)13(3)31-19(24)16(23)9-15-7-8-17(33-20(25)28-5)18(10-15)34-21(26)29-6/h7-8,10,12-14,16H,9,11,23H2,1-6H3/t13-,14-,16-/m0/s1. The lowest BCUT2D eigenvalue weighted by molar-refractivity contribution is -0.155. The Morgan fingerprint density at radius 1 is 0.824 bits per heavy atom. The molecule has 190 valence electrons. The van der Waals surface area contributed by atoms with Crippen LogP contribution in [-0.2, 0) is 34.9 Å². The van der Waals surface area contributed by atoms with Gasteiger partial charge in [-0.1, -0.05) is 19.9 Å². The quantitative estimate of drug-likeness (QED) is 0.294. The smallest absolute Gasteiger partial charge is 0.458 e. The first-order valence-electron chi connectivity index (χ1n) is 10.4. The van der Waals surface area contributed by atoms with Crippen LogP contribution in [0.2, 0.25) is 0 Å². The fourth-order valence-electron chi connectivity index (χ4n) is 2.33. The Balaban J connectivity index is 2.77. The fourth-order valence-corrected chi connectivity index (χ4v) is 2.33. The molecule has 0 saturated heterocycles. The van der Waals surface area contributed by atoms with Crippen molar-refractivity contribution in [2.75, 3.05) is 20.8 Å². The summed E-state index contributed by atoms with van der Waals surface area (Å²) in [6, 6.07) is 3.10. The normalized spacial score (nSPS) is 13.2. The SMILES string of the molecule is COC(=O)Oc1ccc(C[C@H](N)C(=O)O[C@@H](C)[C@H](C)OC(=O)OCC(C)C)cc1OC(=O)OC. The Morgan fingerprint density at radius 3 is 1.94 bits per heavy atom. The van der Waals surface area contributed by atoms with Crippen LogP contribution in [0.15, 0.2) is 18.2 Å². The molecule has 0 saturated carbocycles. The first kappa shape index (κ1) is 28.5. The number of esters is 1. The van der Waals surface area contributed by atoms with Gasteiger partial charge in [0.1, 0.15) is 18.2 Å². The van der Waals surface area contributed by atoms with E-state index in [-0.39, 0.29) is 30.4 Å². The Labute approximate surface area is 197 Å². The van der Waals surface area contributed by atoms with Crippen molar-refractivity contribution >= 4 is 24.4 Å². The number of hydrogen-bond donors (Lipinski definition) is 1. The van der Waals surface area contributed by atoms with Crippen molar-refractivity contribution in [2.45, 2.75) is 52.4 Å². The molecule has 34 heavy (non-hydrogen) atoms.